The summed E-state index contributed by atoms with van der Waals surface area (Å²) < 4.78 is 0. The third-order valence-corrected chi connectivity index (χ3v) is 4.75. The van der Waals surface area contributed by atoms with Gasteiger partial charge in [0.15, 0.2) is 9.76 Å². The Hall–Kier alpha value is -0.123. The van der Waals surface area contributed by atoms with Crippen LogP contribution in [-0.2, 0) is 6.42 Å². The predicted octanol–water partition coefficient (Wildman–Crippen LogP) is 3.91. The van der Waals surface area contributed by atoms with Crippen LogP contribution in [0.25, 0.3) is 0 Å². The molecule has 1 N–H and O–H groups in total. The van der Waals surface area contributed by atoms with Gasteiger partial charge in [0.1, 0.15) is 0 Å². The third kappa shape index (κ3) is 8.58. The molecule has 0 saturated heterocycles. The molecule has 1 aromatic rings. The first-order valence-electron chi connectivity index (χ1n) is 7.05. The minimum absolute atomic E-state index is 0.657. The molecular weight excluding hydrogens is 244 g/mol. The highest BCUT2D eigenvalue weighted by atomic mass is 32.1. The average Bonchev–Trinajstić information content (AvgIpc) is 2.85. The van der Waals surface area contributed by atoms with E-state index in [9.17, 15) is 0 Å². The van der Waals surface area contributed by atoms with E-state index in [-0.39, 0.29) is 0 Å². The van der Waals surface area contributed by atoms with Gasteiger partial charge in [-0.1, -0.05) is 44.9 Å². The standard InChI is InChI=1S/C14H26OSSi/c15-17-12-8-6-4-2-1-3-5-7-9-14-10-11-16-13-14/h10-11,13,15H,1-9,12,17H2. The normalized spacial score (nSPS) is 11.6. The zero-order chi connectivity index (χ0) is 12.2. The van der Waals surface area contributed by atoms with Gasteiger partial charge in [-0.05, 0) is 41.3 Å². The second-order valence-corrected chi connectivity index (χ2v) is 6.72. The van der Waals surface area contributed by atoms with Crippen molar-refractivity contribution in [2.75, 3.05) is 0 Å². The molecule has 0 radical (unpaired) electrons. The van der Waals surface area contributed by atoms with Gasteiger partial charge in [0.25, 0.3) is 0 Å². The van der Waals surface area contributed by atoms with Crippen LogP contribution >= 0.6 is 11.3 Å². The highest BCUT2D eigenvalue weighted by Crippen LogP contribution is 2.13. The lowest BCUT2D eigenvalue weighted by Gasteiger charge is -2.01. The van der Waals surface area contributed by atoms with Crippen molar-refractivity contribution in [1.29, 1.82) is 0 Å². The van der Waals surface area contributed by atoms with Crippen molar-refractivity contribution in [2.24, 2.45) is 0 Å². The quantitative estimate of drug-likeness (QED) is 0.477. The fourth-order valence-electron chi connectivity index (χ4n) is 2.11. The second kappa shape index (κ2) is 11.0. The topological polar surface area (TPSA) is 20.2 Å². The molecule has 0 aliphatic heterocycles. The maximum atomic E-state index is 8.78. The van der Waals surface area contributed by atoms with Gasteiger partial charge < -0.3 is 4.80 Å². The Morgan fingerprint density at radius 1 is 0.941 bits per heavy atom. The molecule has 0 aromatic carbocycles. The molecule has 0 amide bonds. The molecule has 17 heavy (non-hydrogen) atoms. The van der Waals surface area contributed by atoms with Gasteiger partial charge in [0.2, 0.25) is 0 Å². The average molecular weight is 271 g/mol. The van der Waals surface area contributed by atoms with Gasteiger partial charge in [-0.15, -0.1) is 0 Å². The van der Waals surface area contributed by atoms with Gasteiger partial charge in [-0.2, -0.15) is 11.3 Å². The van der Waals surface area contributed by atoms with Crippen molar-refractivity contribution in [3.63, 3.8) is 0 Å². The van der Waals surface area contributed by atoms with Crippen molar-refractivity contribution in [1.82, 2.24) is 0 Å². The molecule has 1 heterocycles. The van der Waals surface area contributed by atoms with E-state index < -0.39 is 9.76 Å². The number of aryl methyl sites for hydroxylation is 1. The first-order valence-corrected chi connectivity index (χ1v) is 9.63. The highest BCUT2D eigenvalue weighted by molar-refractivity contribution is 7.07. The molecule has 0 bridgehead atoms. The van der Waals surface area contributed by atoms with Crippen molar-refractivity contribution in [3.05, 3.63) is 22.4 Å². The van der Waals surface area contributed by atoms with E-state index in [0.717, 1.165) is 6.04 Å². The van der Waals surface area contributed by atoms with Crippen molar-refractivity contribution < 1.29 is 4.80 Å². The van der Waals surface area contributed by atoms with Crippen LogP contribution in [0.4, 0.5) is 0 Å². The summed E-state index contributed by atoms with van der Waals surface area (Å²) >= 11 is 1.81. The summed E-state index contributed by atoms with van der Waals surface area (Å²) in [4.78, 5) is 8.78. The summed E-state index contributed by atoms with van der Waals surface area (Å²) in [7, 11) is -0.657. The maximum Gasteiger partial charge on any atom is 0.156 e. The van der Waals surface area contributed by atoms with E-state index in [2.05, 4.69) is 16.8 Å². The zero-order valence-corrected chi connectivity index (χ0v) is 13.1. The SMILES string of the molecule is O[SiH2]CCCCCCCCCCc1ccsc1. The monoisotopic (exact) mass is 270 g/mol. The van der Waals surface area contributed by atoms with Crippen LogP contribution in [0.2, 0.25) is 6.04 Å². The smallest absolute Gasteiger partial charge is 0.156 e. The zero-order valence-electron chi connectivity index (χ0n) is 10.9. The summed E-state index contributed by atoms with van der Waals surface area (Å²) in [6.07, 6.45) is 12.2. The third-order valence-electron chi connectivity index (χ3n) is 3.20. The molecule has 1 rings (SSSR count). The number of unbranched alkanes of at least 4 members (excludes halogenated alkanes) is 7. The Morgan fingerprint density at radius 3 is 2.18 bits per heavy atom. The molecule has 0 atom stereocenters. The van der Waals surface area contributed by atoms with Gasteiger partial charge in [-0.25, -0.2) is 0 Å². The van der Waals surface area contributed by atoms with E-state index in [1.165, 1.54) is 63.4 Å². The number of rotatable bonds is 11. The number of hydrogen-bond donors (Lipinski definition) is 1. The first kappa shape index (κ1) is 14.9. The van der Waals surface area contributed by atoms with Gasteiger partial charge in [-0.3, -0.25) is 0 Å². The van der Waals surface area contributed by atoms with Gasteiger partial charge in [0.05, 0.1) is 0 Å². The molecule has 98 valence electrons. The van der Waals surface area contributed by atoms with E-state index in [1.54, 1.807) is 11.3 Å². The molecule has 0 aliphatic rings. The fourth-order valence-corrected chi connectivity index (χ4v) is 3.39. The van der Waals surface area contributed by atoms with E-state index in [1.807, 2.05) is 0 Å². The minimum Gasteiger partial charge on any atom is -0.438 e. The Kier molecular flexibility index (Phi) is 9.66. The fraction of sp³-hybridized carbons (Fsp3) is 0.714. The highest BCUT2D eigenvalue weighted by Gasteiger charge is 1.95. The molecule has 0 unspecified atom stereocenters. The summed E-state index contributed by atoms with van der Waals surface area (Å²) in [5, 5.41) is 4.44. The van der Waals surface area contributed by atoms with E-state index >= 15 is 0 Å². The largest absolute Gasteiger partial charge is 0.438 e. The lowest BCUT2D eigenvalue weighted by atomic mass is 10.1. The Morgan fingerprint density at radius 2 is 1.59 bits per heavy atom. The molecule has 0 spiro atoms. The van der Waals surface area contributed by atoms with Gasteiger partial charge >= 0.3 is 0 Å². The lowest BCUT2D eigenvalue weighted by molar-refractivity contribution is 0.563. The molecule has 1 nitrogen and oxygen atoms in total. The van der Waals surface area contributed by atoms with Crippen LogP contribution < -0.4 is 0 Å². The predicted molar refractivity (Wildman–Crippen MR) is 80.5 cm³/mol. The van der Waals surface area contributed by atoms with E-state index in [4.69, 9.17) is 4.80 Å². The van der Waals surface area contributed by atoms with Crippen LogP contribution in [0.15, 0.2) is 16.8 Å². The van der Waals surface area contributed by atoms with Crippen molar-refractivity contribution in [2.45, 2.75) is 63.8 Å². The minimum atomic E-state index is -0.657. The summed E-state index contributed by atoms with van der Waals surface area (Å²) in [5.41, 5.74) is 1.52. The Balaban J connectivity index is 1.76. The summed E-state index contributed by atoms with van der Waals surface area (Å²) in [5.74, 6) is 0. The van der Waals surface area contributed by atoms with Crippen LogP contribution in [0, 0.1) is 0 Å². The van der Waals surface area contributed by atoms with Gasteiger partial charge in [0, 0.05) is 0 Å². The van der Waals surface area contributed by atoms with Crippen LogP contribution in [0.3, 0.4) is 0 Å². The van der Waals surface area contributed by atoms with Crippen LogP contribution in [0.1, 0.15) is 56.9 Å². The molecule has 0 fully saturated rings. The molecular formula is C14H26OSSi. The maximum absolute atomic E-state index is 8.78. The second-order valence-electron chi connectivity index (χ2n) is 4.79. The number of thiophene rings is 1. The number of hydrogen-bond acceptors (Lipinski definition) is 2. The molecule has 3 heteroatoms. The lowest BCUT2D eigenvalue weighted by Crippen LogP contribution is -1.87. The van der Waals surface area contributed by atoms with Crippen LogP contribution in [-0.4, -0.2) is 14.6 Å². The first-order chi connectivity index (χ1) is 8.43. The molecule has 0 aliphatic carbocycles. The summed E-state index contributed by atoms with van der Waals surface area (Å²) in [6, 6.07) is 3.37. The van der Waals surface area contributed by atoms with Crippen molar-refractivity contribution >= 4 is 21.1 Å². The van der Waals surface area contributed by atoms with E-state index in [0.29, 0.717) is 0 Å². The summed E-state index contributed by atoms with van der Waals surface area (Å²) in [6.45, 7) is 0. The Bertz CT molecular complexity index is 249. The Labute approximate surface area is 112 Å². The van der Waals surface area contributed by atoms with Crippen LogP contribution in [0.5, 0.6) is 0 Å². The molecule has 1 aromatic heterocycles. The van der Waals surface area contributed by atoms with Crippen molar-refractivity contribution in [3.8, 4) is 0 Å². The molecule has 0 saturated carbocycles.